The number of aromatic amines is 2. The Morgan fingerprint density at radius 1 is 0.952 bits per heavy atom. The number of aromatic nitrogens is 3. The third-order valence-electron chi connectivity index (χ3n) is 2.81. The molecule has 1 aromatic carbocycles. The zero-order valence-electron chi connectivity index (χ0n) is 10.7. The van der Waals surface area contributed by atoms with Crippen molar-refractivity contribution in [2.24, 2.45) is 10.2 Å². The number of hydrogen-bond acceptors (Lipinski definition) is 4. The molecule has 3 aromatic rings. The van der Waals surface area contributed by atoms with E-state index in [-0.39, 0.29) is 11.5 Å². The van der Waals surface area contributed by atoms with Crippen LogP contribution in [0, 0.1) is 5.82 Å². The topological polar surface area (TPSA) is 86.3 Å². The highest BCUT2D eigenvalue weighted by Crippen LogP contribution is 2.26. The number of nitrogens with one attached hydrogen (secondary N) is 2. The van der Waals surface area contributed by atoms with Gasteiger partial charge in [0.2, 0.25) is 0 Å². The van der Waals surface area contributed by atoms with Crippen molar-refractivity contribution >= 4 is 11.4 Å². The summed E-state index contributed by atoms with van der Waals surface area (Å²) in [6, 6.07) is 9.07. The van der Waals surface area contributed by atoms with Crippen LogP contribution in [0.15, 0.2) is 63.8 Å². The van der Waals surface area contributed by atoms with Gasteiger partial charge >= 0.3 is 0 Å². The molecular formula is C14H10FN5O. The predicted molar refractivity (Wildman–Crippen MR) is 75.2 cm³/mol. The van der Waals surface area contributed by atoms with Crippen LogP contribution in [0.4, 0.5) is 15.8 Å². The first-order valence-corrected chi connectivity index (χ1v) is 6.12. The van der Waals surface area contributed by atoms with Crippen LogP contribution in [0.1, 0.15) is 0 Å². The molecule has 0 fully saturated rings. The van der Waals surface area contributed by atoms with Gasteiger partial charge < -0.3 is 0 Å². The number of halogens is 1. The van der Waals surface area contributed by atoms with Crippen molar-refractivity contribution in [1.82, 2.24) is 15.2 Å². The van der Waals surface area contributed by atoms with E-state index in [1.165, 1.54) is 12.1 Å². The van der Waals surface area contributed by atoms with Crippen LogP contribution in [-0.2, 0) is 0 Å². The number of benzene rings is 1. The van der Waals surface area contributed by atoms with Gasteiger partial charge in [0.25, 0.3) is 5.56 Å². The molecule has 104 valence electrons. The summed E-state index contributed by atoms with van der Waals surface area (Å²) < 4.78 is 12.9. The lowest BCUT2D eigenvalue weighted by molar-refractivity contribution is 0.628. The van der Waals surface area contributed by atoms with E-state index < -0.39 is 5.56 Å². The Hall–Kier alpha value is -3.09. The van der Waals surface area contributed by atoms with E-state index in [4.69, 9.17) is 0 Å². The maximum atomic E-state index is 12.9. The Balaban J connectivity index is 2.00. The van der Waals surface area contributed by atoms with Crippen molar-refractivity contribution in [2.45, 2.75) is 0 Å². The van der Waals surface area contributed by atoms with Gasteiger partial charge in [0.1, 0.15) is 5.82 Å². The number of nitrogens with zero attached hydrogens (tertiary/aromatic N) is 3. The monoisotopic (exact) mass is 283 g/mol. The fourth-order valence-corrected chi connectivity index (χ4v) is 1.79. The Morgan fingerprint density at radius 2 is 1.67 bits per heavy atom. The van der Waals surface area contributed by atoms with E-state index in [9.17, 15) is 9.18 Å². The standard InChI is InChI=1S/C14H10FN5O/c15-10-3-1-9(2-4-10)12-13(14(21)20-18-12)19-17-11-5-7-16-8-6-11/h1-8H,(H2,18,20,21). The fourth-order valence-electron chi connectivity index (χ4n) is 1.79. The first-order valence-electron chi connectivity index (χ1n) is 6.12. The summed E-state index contributed by atoms with van der Waals surface area (Å²) in [5.41, 5.74) is 1.41. The average molecular weight is 283 g/mol. The first kappa shape index (κ1) is 12.9. The average Bonchev–Trinajstić information content (AvgIpc) is 2.88. The number of hydrogen-bond donors (Lipinski definition) is 2. The van der Waals surface area contributed by atoms with Gasteiger partial charge in [0.15, 0.2) is 5.69 Å². The molecule has 2 N–H and O–H groups in total. The molecule has 0 atom stereocenters. The van der Waals surface area contributed by atoms with E-state index in [0.29, 0.717) is 16.9 Å². The molecule has 0 aliphatic carbocycles. The third-order valence-corrected chi connectivity index (χ3v) is 2.81. The van der Waals surface area contributed by atoms with E-state index in [2.05, 4.69) is 25.4 Å². The smallest absolute Gasteiger partial charge is 0.292 e. The van der Waals surface area contributed by atoms with Gasteiger partial charge in [-0.15, -0.1) is 5.11 Å². The molecule has 0 bridgehead atoms. The summed E-state index contributed by atoms with van der Waals surface area (Å²) in [4.78, 5) is 15.6. The van der Waals surface area contributed by atoms with E-state index >= 15 is 0 Å². The second-order valence-electron chi connectivity index (χ2n) is 4.22. The molecule has 2 heterocycles. The van der Waals surface area contributed by atoms with Crippen molar-refractivity contribution in [2.75, 3.05) is 0 Å². The number of H-pyrrole nitrogens is 2. The SMILES string of the molecule is O=c1[nH][nH]c(-c2ccc(F)cc2)c1N=Nc1ccncc1. The van der Waals surface area contributed by atoms with Gasteiger partial charge in [-0.3, -0.25) is 20.0 Å². The highest BCUT2D eigenvalue weighted by Gasteiger charge is 2.11. The largest absolute Gasteiger partial charge is 0.295 e. The van der Waals surface area contributed by atoms with Crippen molar-refractivity contribution in [3.63, 3.8) is 0 Å². The molecule has 0 unspecified atom stereocenters. The van der Waals surface area contributed by atoms with Crippen molar-refractivity contribution in [3.05, 3.63) is 65.0 Å². The van der Waals surface area contributed by atoms with E-state index in [1.54, 1.807) is 36.7 Å². The zero-order chi connectivity index (χ0) is 14.7. The molecule has 0 aliphatic rings. The summed E-state index contributed by atoms with van der Waals surface area (Å²) in [5, 5.41) is 13.1. The lowest BCUT2D eigenvalue weighted by atomic mass is 10.1. The van der Waals surface area contributed by atoms with Crippen LogP contribution < -0.4 is 5.56 Å². The molecule has 0 saturated heterocycles. The third kappa shape index (κ3) is 2.76. The molecule has 6 nitrogen and oxygen atoms in total. The van der Waals surface area contributed by atoms with Crippen molar-refractivity contribution in [3.8, 4) is 11.3 Å². The number of pyridine rings is 1. The highest BCUT2D eigenvalue weighted by molar-refractivity contribution is 5.71. The highest BCUT2D eigenvalue weighted by atomic mass is 19.1. The Labute approximate surface area is 118 Å². The quantitative estimate of drug-likeness (QED) is 0.722. The lowest BCUT2D eigenvalue weighted by Gasteiger charge is -1.98. The molecule has 0 aliphatic heterocycles. The van der Waals surface area contributed by atoms with Crippen molar-refractivity contribution < 1.29 is 4.39 Å². The maximum absolute atomic E-state index is 12.9. The van der Waals surface area contributed by atoms with Gasteiger partial charge in [-0.25, -0.2) is 4.39 Å². The summed E-state index contributed by atoms with van der Waals surface area (Å²) in [6.45, 7) is 0. The molecule has 3 rings (SSSR count). The molecule has 0 spiro atoms. The van der Waals surface area contributed by atoms with Crippen molar-refractivity contribution in [1.29, 1.82) is 0 Å². The lowest BCUT2D eigenvalue weighted by Crippen LogP contribution is -1.96. The van der Waals surface area contributed by atoms with E-state index in [0.717, 1.165) is 0 Å². The van der Waals surface area contributed by atoms with Crippen LogP contribution in [0.25, 0.3) is 11.3 Å². The molecule has 21 heavy (non-hydrogen) atoms. The van der Waals surface area contributed by atoms with Crippen LogP contribution in [-0.4, -0.2) is 15.2 Å². The number of rotatable bonds is 3. The Morgan fingerprint density at radius 3 is 2.38 bits per heavy atom. The first-order chi connectivity index (χ1) is 10.2. The Bertz CT molecular complexity index is 821. The van der Waals surface area contributed by atoms with Gasteiger partial charge in [-0.05, 0) is 36.4 Å². The molecule has 0 amide bonds. The predicted octanol–water partition coefficient (Wildman–Crippen LogP) is 3.32. The van der Waals surface area contributed by atoms with Gasteiger partial charge in [-0.1, -0.05) is 0 Å². The maximum Gasteiger partial charge on any atom is 0.292 e. The molecular weight excluding hydrogens is 273 g/mol. The minimum atomic E-state index is -0.396. The molecule has 0 saturated carbocycles. The fraction of sp³-hybridized carbons (Fsp3) is 0. The summed E-state index contributed by atoms with van der Waals surface area (Å²) in [5.74, 6) is -0.350. The summed E-state index contributed by atoms with van der Waals surface area (Å²) in [6.07, 6.45) is 3.16. The van der Waals surface area contributed by atoms with Crippen LogP contribution >= 0.6 is 0 Å². The van der Waals surface area contributed by atoms with Gasteiger partial charge in [0, 0.05) is 18.0 Å². The normalized spacial score (nSPS) is 11.1. The summed E-state index contributed by atoms with van der Waals surface area (Å²) >= 11 is 0. The Kier molecular flexibility index (Phi) is 3.38. The zero-order valence-corrected chi connectivity index (χ0v) is 10.7. The molecule has 7 heteroatoms. The molecule has 0 radical (unpaired) electrons. The number of azo groups is 1. The minimum Gasteiger partial charge on any atom is -0.295 e. The second-order valence-corrected chi connectivity index (χ2v) is 4.22. The minimum absolute atomic E-state index is 0.137. The van der Waals surface area contributed by atoms with E-state index in [1.807, 2.05) is 0 Å². The molecule has 2 aromatic heterocycles. The van der Waals surface area contributed by atoms with Gasteiger partial charge in [0.05, 0.1) is 11.4 Å². The van der Waals surface area contributed by atoms with Gasteiger partial charge in [-0.2, -0.15) is 5.11 Å². The second kappa shape index (κ2) is 5.49. The summed E-state index contributed by atoms with van der Waals surface area (Å²) in [7, 11) is 0. The van der Waals surface area contributed by atoms with Crippen LogP contribution in [0.3, 0.4) is 0 Å². The van der Waals surface area contributed by atoms with Crippen LogP contribution in [0.5, 0.6) is 0 Å². The van der Waals surface area contributed by atoms with Crippen LogP contribution in [0.2, 0.25) is 0 Å².